The van der Waals surface area contributed by atoms with Crippen molar-refractivity contribution in [2.24, 2.45) is 11.8 Å². The van der Waals surface area contributed by atoms with E-state index < -0.39 is 86.4 Å². The third-order valence-corrected chi connectivity index (χ3v) is 11.8. The van der Waals surface area contributed by atoms with Gasteiger partial charge in [-0.1, -0.05) is 29.4 Å². The van der Waals surface area contributed by atoms with Gasteiger partial charge in [0.2, 0.25) is 27.7 Å². The molecule has 56 heavy (non-hydrogen) atoms. The molecule has 2 aliphatic carbocycles. The van der Waals surface area contributed by atoms with E-state index in [2.05, 4.69) is 36.4 Å². The lowest BCUT2D eigenvalue weighted by atomic mass is 10.0. The van der Waals surface area contributed by atoms with Crippen LogP contribution >= 0.6 is 0 Å². The Morgan fingerprint density at radius 2 is 1.89 bits per heavy atom. The molecule has 15 nitrogen and oxygen atoms in total. The number of carbonyl (C=O) groups excluding carboxylic acids is 4. The number of benzene rings is 1. The highest BCUT2D eigenvalue weighted by atomic mass is 32.2. The Kier molecular flexibility index (Phi) is 11.7. The number of likely N-dealkylation sites (tertiary alicyclic amines) is 1. The largest absolute Gasteiger partial charge is 0.476 e. The summed E-state index contributed by atoms with van der Waals surface area (Å²) in [6.45, 7) is 1.38. The van der Waals surface area contributed by atoms with Gasteiger partial charge in [-0.2, -0.15) is 8.78 Å². The van der Waals surface area contributed by atoms with Gasteiger partial charge in [-0.3, -0.25) is 23.9 Å². The molecule has 0 radical (unpaired) electrons. The summed E-state index contributed by atoms with van der Waals surface area (Å²) < 4.78 is 67.9. The van der Waals surface area contributed by atoms with Crippen molar-refractivity contribution >= 4 is 44.7 Å². The number of aromatic nitrogens is 3. The summed E-state index contributed by atoms with van der Waals surface area (Å²) in [6.07, 6.45) is 12.7. The Bertz CT molecular complexity index is 2180. The number of hydrogen-bond donors (Lipinski definition) is 3. The van der Waals surface area contributed by atoms with Crippen LogP contribution in [0.15, 0.2) is 47.0 Å². The number of terminal acetylenes is 1. The fourth-order valence-corrected chi connectivity index (χ4v) is 8.04. The Labute approximate surface area is 322 Å². The molecular formula is C38H43F2N7O8S. The maximum absolute atomic E-state index is 14.7. The molecule has 18 heteroatoms. The van der Waals surface area contributed by atoms with E-state index in [1.54, 1.807) is 37.3 Å². The van der Waals surface area contributed by atoms with Crippen LogP contribution in [0.2, 0.25) is 0 Å². The molecule has 0 bridgehead atoms. The Hall–Kier alpha value is -5.44. The van der Waals surface area contributed by atoms with E-state index in [9.17, 15) is 36.4 Å². The number of para-hydroxylation sites is 2. The molecule has 1 aromatic carbocycles. The highest BCUT2D eigenvalue weighted by Crippen LogP contribution is 2.46. The number of nitrogens with zero attached hydrogens (tertiary/aromatic N) is 4. The van der Waals surface area contributed by atoms with Crippen molar-refractivity contribution in [2.45, 2.75) is 88.0 Å². The van der Waals surface area contributed by atoms with Crippen molar-refractivity contribution in [1.82, 2.24) is 35.4 Å². The van der Waals surface area contributed by atoms with Crippen molar-refractivity contribution in [3.05, 3.63) is 59.6 Å². The summed E-state index contributed by atoms with van der Waals surface area (Å²) >= 11 is 0. The van der Waals surface area contributed by atoms with Crippen molar-refractivity contribution in [3.8, 4) is 18.2 Å². The summed E-state index contributed by atoms with van der Waals surface area (Å²) in [5.41, 5.74) is -1.79. The molecule has 3 fully saturated rings. The molecule has 298 valence electrons. The minimum absolute atomic E-state index is 0.0272. The first kappa shape index (κ1) is 40.2. The maximum Gasteiger partial charge on any atom is 0.292 e. The molecule has 4 atom stereocenters. The van der Waals surface area contributed by atoms with Crippen LogP contribution in [0.25, 0.3) is 11.0 Å². The highest BCUT2D eigenvalue weighted by molar-refractivity contribution is 7.91. The smallest absolute Gasteiger partial charge is 0.292 e. The number of carbonyl (C=O) groups is 4. The van der Waals surface area contributed by atoms with Gasteiger partial charge in [0.1, 0.15) is 17.3 Å². The minimum atomic E-state index is -3.97. The number of rotatable bonds is 17. The van der Waals surface area contributed by atoms with Crippen LogP contribution in [0.3, 0.4) is 0 Å². The van der Waals surface area contributed by atoms with Crippen molar-refractivity contribution in [2.75, 3.05) is 19.7 Å². The van der Waals surface area contributed by atoms with E-state index in [4.69, 9.17) is 15.7 Å². The number of sulfonamides is 1. The van der Waals surface area contributed by atoms with Crippen molar-refractivity contribution in [3.63, 3.8) is 0 Å². The van der Waals surface area contributed by atoms with Crippen molar-refractivity contribution in [1.29, 1.82) is 0 Å². The number of unbranched alkanes of at least 4 members (excludes halogenated alkanes) is 3. The van der Waals surface area contributed by atoms with E-state index in [1.165, 1.54) is 11.0 Å². The second kappa shape index (κ2) is 16.3. The van der Waals surface area contributed by atoms with Gasteiger partial charge in [0.25, 0.3) is 17.7 Å². The first-order valence-electron chi connectivity index (χ1n) is 18.4. The van der Waals surface area contributed by atoms with E-state index >= 15 is 0 Å². The third kappa shape index (κ3) is 9.32. The molecule has 1 saturated heterocycles. The maximum atomic E-state index is 14.7. The number of amides is 4. The summed E-state index contributed by atoms with van der Waals surface area (Å²) in [5, 5.41) is 8.18. The Balaban J connectivity index is 1.21. The zero-order chi connectivity index (χ0) is 40.3. The molecule has 1 unspecified atom stereocenters. The number of nitrogens with one attached hydrogen (secondary N) is 3. The fourth-order valence-electron chi connectivity index (χ4n) is 6.67. The second-order valence-corrected chi connectivity index (χ2v) is 16.5. The van der Waals surface area contributed by atoms with Crippen LogP contribution in [-0.4, -0.2) is 88.6 Å². The average Bonchev–Trinajstić information content (AvgIpc) is 4.04. The fraction of sp³-hybridized carbons (Fsp3) is 0.500. The van der Waals surface area contributed by atoms with Crippen LogP contribution in [0.4, 0.5) is 8.78 Å². The molecular weight excluding hydrogens is 753 g/mol. The predicted octanol–water partition coefficient (Wildman–Crippen LogP) is 3.30. The number of allylic oxidation sites excluding steroid dienone is 1. The molecule has 1 aliphatic heterocycles. The van der Waals surface area contributed by atoms with Gasteiger partial charge in [-0.25, -0.2) is 18.4 Å². The predicted molar refractivity (Wildman–Crippen MR) is 197 cm³/mol. The zero-order valence-electron chi connectivity index (χ0n) is 30.9. The lowest BCUT2D eigenvalue weighted by Gasteiger charge is -2.27. The first-order chi connectivity index (χ1) is 26.6. The molecule has 3 N–H and O–H groups in total. The van der Waals surface area contributed by atoms with E-state index in [-0.39, 0.29) is 37.2 Å². The standard InChI is InChI=1S/C38H43F2N7O8S/c1-4-5-6-7-8-9-12-25-19-38(25,36(51)46-56(52,53)26-15-16-26)44-34(50)30-18-24(21-47(30)31(48)20-41-33(49)29-17-23(2)55-45-29)22-54-35-32(37(3,39)40)42-27-13-10-11-14-28(27)43-35/h1,9-14,17,24-26,30H,5-8,15-16,18-22H2,2-3H3,(H,41,49)(H,44,50)(H,46,51)/b12-9-/t24-,25?,30+,38-/m1/s1. The Morgan fingerprint density at radius 1 is 1.16 bits per heavy atom. The van der Waals surface area contributed by atoms with Crippen LogP contribution in [0, 0.1) is 31.1 Å². The molecule has 3 aliphatic rings. The van der Waals surface area contributed by atoms with Gasteiger partial charge >= 0.3 is 0 Å². The van der Waals surface area contributed by atoms with E-state index in [0.29, 0.717) is 43.9 Å². The first-order valence-corrected chi connectivity index (χ1v) is 19.9. The molecule has 2 aromatic heterocycles. The second-order valence-electron chi connectivity index (χ2n) is 14.6. The van der Waals surface area contributed by atoms with Gasteiger partial charge in [-0.15, -0.1) is 12.3 Å². The van der Waals surface area contributed by atoms with Crippen LogP contribution in [0.5, 0.6) is 5.88 Å². The van der Waals surface area contributed by atoms with Gasteiger partial charge in [-0.05, 0) is 64.0 Å². The third-order valence-electron chi connectivity index (χ3n) is 9.96. The Morgan fingerprint density at radius 3 is 2.55 bits per heavy atom. The van der Waals surface area contributed by atoms with Crippen LogP contribution in [-0.2, 0) is 30.3 Å². The molecule has 4 amide bonds. The summed E-state index contributed by atoms with van der Waals surface area (Å²) in [5.74, 6) is -4.99. The minimum Gasteiger partial charge on any atom is -0.476 e. The number of fused-ring (bicyclic) bond motifs is 1. The van der Waals surface area contributed by atoms with E-state index in [1.807, 2.05) is 6.08 Å². The molecule has 3 aromatic rings. The molecule has 0 spiro atoms. The number of aryl methyl sites for hydroxylation is 1. The van der Waals surface area contributed by atoms with Crippen molar-refractivity contribution < 1.29 is 45.6 Å². The topological polar surface area (TPSA) is 203 Å². The molecule has 6 rings (SSSR count). The molecule has 3 heterocycles. The van der Waals surface area contributed by atoms with Gasteiger partial charge in [0.05, 0.1) is 29.4 Å². The SMILES string of the molecule is C#CCCCC/C=C\C1C[C@]1(NC(=O)[C@@H]1C[C@@H](COc2nc3ccccc3nc2C(C)(F)F)CN1C(=O)CNC(=O)c1cc(C)on1)C(=O)NS(=O)(=O)C1CC1. The van der Waals surface area contributed by atoms with Gasteiger partial charge < -0.3 is 24.8 Å². The highest BCUT2D eigenvalue weighted by Gasteiger charge is 2.62. The summed E-state index contributed by atoms with van der Waals surface area (Å²) in [4.78, 5) is 63.8. The van der Waals surface area contributed by atoms with Crippen LogP contribution < -0.4 is 20.1 Å². The summed E-state index contributed by atoms with van der Waals surface area (Å²) in [7, 11) is -3.97. The zero-order valence-corrected chi connectivity index (χ0v) is 31.7. The van der Waals surface area contributed by atoms with Gasteiger partial charge in [0, 0.05) is 37.8 Å². The van der Waals surface area contributed by atoms with Gasteiger partial charge in [0.15, 0.2) is 11.4 Å². The average molecular weight is 796 g/mol. The lowest BCUT2D eigenvalue weighted by molar-refractivity contribution is -0.139. The number of halogens is 2. The summed E-state index contributed by atoms with van der Waals surface area (Å²) in [6, 6.07) is 6.63. The van der Waals surface area contributed by atoms with Crippen LogP contribution in [0.1, 0.15) is 80.2 Å². The number of ether oxygens (including phenoxy) is 1. The number of alkyl halides is 2. The monoisotopic (exact) mass is 795 g/mol. The molecule has 2 saturated carbocycles. The lowest BCUT2D eigenvalue weighted by Crippen LogP contribution is -2.57. The normalized spacial score (nSPS) is 22.1. The number of hydrogen-bond acceptors (Lipinski definition) is 11. The quantitative estimate of drug-likeness (QED) is 0.103. The van der Waals surface area contributed by atoms with E-state index in [0.717, 1.165) is 12.8 Å².